The Morgan fingerprint density at radius 2 is 1.53 bits per heavy atom. The molecule has 8 heteroatoms. The number of halogens is 3. The highest BCUT2D eigenvalue weighted by molar-refractivity contribution is 7.17. The summed E-state index contributed by atoms with van der Waals surface area (Å²) in [7, 11) is 0. The largest absolute Gasteiger partial charge is 0.335 e. The van der Waals surface area contributed by atoms with E-state index in [-0.39, 0.29) is 28.2 Å². The Kier molecular flexibility index (Phi) is 5.83. The van der Waals surface area contributed by atoms with E-state index in [1.165, 1.54) is 29.5 Å². The third-order valence-electron chi connectivity index (χ3n) is 4.97. The first-order chi connectivity index (χ1) is 14.4. The molecule has 4 rings (SSSR count). The van der Waals surface area contributed by atoms with Gasteiger partial charge >= 0.3 is 0 Å². The molecule has 4 nitrogen and oxygen atoms in total. The number of rotatable bonds is 3. The highest BCUT2D eigenvalue weighted by Crippen LogP contribution is 2.31. The quantitative estimate of drug-likeness (QED) is 0.571. The van der Waals surface area contributed by atoms with E-state index < -0.39 is 5.82 Å². The van der Waals surface area contributed by atoms with Crippen molar-refractivity contribution in [1.82, 2.24) is 9.80 Å². The predicted molar refractivity (Wildman–Crippen MR) is 113 cm³/mol. The fourth-order valence-corrected chi connectivity index (χ4v) is 4.61. The van der Waals surface area contributed by atoms with E-state index in [1.54, 1.807) is 40.1 Å². The summed E-state index contributed by atoms with van der Waals surface area (Å²) in [6.07, 6.45) is 0. The smallest absolute Gasteiger partial charge is 0.264 e. The average molecular weight is 447 g/mol. The number of thiophene rings is 1. The van der Waals surface area contributed by atoms with E-state index >= 15 is 0 Å². The molecule has 0 N–H and O–H groups in total. The van der Waals surface area contributed by atoms with Crippen LogP contribution in [-0.2, 0) is 0 Å². The van der Waals surface area contributed by atoms with Crippen LogP contribution in [0.15, 0.2) is 54.6 Å². The molecule has 1 aliphatic heterocycles. The van der Waals surface area contributed by atoms with Crippen LogP contribution in [0.5, 0.6) is 0 Å². The first-order valence-electron chi connectivity index (χ1n) is 9.32. The summed E-state index contributed by atoms with van der Waals surface area (Å²) < 4.78 is 27.2. The van der Waals surface area contributed by atoms with Crippen molar-refractivity contribution in [3.05, 3.63) is 81.7 Å². The Labute approximate surface area is 181 Å². The standard InChI is InChI=1S/C22H17ClF2N2O2S/c23-17-13-14(24)5-6-15(17)21(28)26-9-11-27(12-10-26)22(29)20-8-7-19(30-20)16-3-1-2-4-18(16)25/h1-8,13H,9-12H2. The van der Waals surface area contributed by atoms with Gasteiger partial charge < -0.3 is 9.80 Å². The third kappa shape index (κ3) is 4.08. The molecule has 1 saturated heterocycles. The molecular weight excluding hydrogens is 430 g/mol. The summed E-state index contributed by atoms with van der Waals surface area (Å²) in [5.74, 6) is -1.26. The lowest BCUT2D eigenvalue weighted by molar-refractivity contribution is 0.0538. The average Bonchev–Trinajstić information content (AvgIpc) is 3.23. The minimum absolute atomic E-state index is 0.0674. The molecule has 0 atom stereocenters. The third-order valence-corrected chi connectivity index (χ3v) is 6.39. The van der Waals surface area contributed by atoms with Crippen LogP contribution in [0.3, 0.4) is 0 Å². The Bertz CT molecular complexity index is 1110. The maximum atomic E-state index is 14.0. The molecule has 2 heterocycles. The van der Waals surface area contributed by atoms with Gasteiger partial charge in [0, 0.05) is 36.6 Å². The Morgan fingerprint density at radius 1 is 0.867 bits per heavy atom. The monoisotopic (exact) mass is 446 g/mol. The van der Waals surface area contributed by atoms with Crippen LogP contribution in [0.4, 0.5) is 8.78 Å². The van der Waals surface area contributed by atoms with E-state index in [9.17, 15) is 18.4 Å². The van der Waals surface area contributed by atoms with E-state index in [0.717, 1.165) is 6.07 Å². The fourth-order valence-electron chi connectivity index (χ4n) is 3.36. The summed E-state index contributed by atoms with van der Waals surface area (Å²) >= 11 is 7.23. The number of carbonyl (C=O) groups excluding carboxylic acids is 2. The molecule has 2 amide bonds. The summed E-state index contributed by atoms with van der Waals surface area (Å²) in [6, 6.07) is 13.6. The second kappa shape index (κ2) is 8.53. The number of hydrogen-bond acceptors (Lipinski definition) is 3. The van der Waals surface area contributed by atoms with E-state index in [0.29, 0.717) is 41.5 Å². The number of hydrogen-bond donors (Lipinski definition) is 0. The van der Waals surface area contributed by atoms with Gasteiger partial charge in [-0.25, -0.2) is 8.78 Å². The van der Waals surface area contributed by atoms with Crippen LogP contribution in [-0.4, -0.2) is 47.8 Å². The second-order valence-electron chi connectivity index (χ2n) is 6.85. The van der Waals surface area contributed by atoms with Crippen molar-refractivity contribution >= 4 is 34.8 Å². The molecule has 0 unspecified atom stereocenters. The number of nitrogens with zero attached hydrogens (tertiary/aromatic N) is 2. The van der Waals surface area contributed by atoms with Crippen LogP contribution >= 0.6 is 22.9 Å². The van der Waals surface area contributed by atoms with Crippen molar-refractivity contribution in [2.45, 2.75) is 0 Å². The fraction of sp³-hybridized carbons (Fsp3) is 0.182. The lowest BCUT2D eigenvalue weighted by atomic mass is 10.1. The minimum Gasteiger partial charge on any atom is -0.335 e. The summed E-state index contributed by atoms with van der Waals surface area (Å²) in [4.78, 5) is 30.0. The molecule has 30 heavy (non-hydrogen) atoms. The first kappa shape index (κ1) is 20.5. The van der Waals surface area contributed by atoms with Crippen molar-refractivity contribution in [1.29, 1.82) is 0 Å². The van der Waals surface area contributed by atoms with Gasteiger partial charge in [-0.05, 0) is 36.4 Å². The molecule has 154 valence electrons. The molecule has 0 aliphatic carbocycles. The molecule has 2 aromatic carbocycles. The zero-order valence-electron chi connectivity index (χ0n) is 15.8. The van der Waals surface area contributed by atoms with Crippen molar-refractivity contribution < 1.29 is 18.4 Å². The van der Waals surface area contributed by atoms with Crippen LogP contribution in [0.25, 0.3) is 10.4 Å². The Hall–Kier alpha value is -2.77. The molecule has 0 saturated carbocycles. The Balaban J connectivity index is 1.41. The zero-order chi connectivity index (χ0) is 21.3. The van der Waals surface area contributed by atoms with Crippen LogP contribution in [0.2, 0.25) is 5.02 Å². The van der Waals surface area contributed by atoms with E-state index in [2.05, 4.69) is 0 Å². The molecule has 0 spiro atoms. The molecule has 1 fully saturated rings. The number of carbonyl (C=O) groups is 2. The molecule has 1 aromatic heterocycles. The second-order valence-corrected chi connectivity index (χ2v) is 8.34. The van der Waals surface area contributed by atoms with Crippen LogP contribution in [0, 0.1) is 11.6 Å². The van der Waals surface area contributed by atoms with Gasteiger partial charge in [0.1, 0.15) is 11.6 Å². The molecule has 0 bridgehead atoms. The van der Waals surface area contributed by atoms with Gasteiger partial charge in [0.25, 0.3) is 11.8 Å². The normalized spacial score (nSPS) is 14.1. The highest BCUT2D eigenvalue weighted by Gasteiger charge is 2.27. The molecule has 3 aromatic rings. The van der Waals surface area contributed by atoms with Gasteiger partial charge in [0.2, 0.25) is 0 Å². The lowest BCUT2D eigenvalue weighted by Gasteiger charge is -2.34. The van der Waals surface area contributed by atoms with E-state index in [4.69, 9.17) is 11.6 Å². The number of piperazine rings is 1. The lowest BCUT2D eigenvalue weighted by Crippen LogP contribution is -2.50. The van der Waals surface area contributed by atoms with Gasteiger partial charge in [-0.3, -0.25) is 9.59 Å². The highest BCUT2D eigenvalue weighted by atomic mass is 35.5. The number of amides is 2. The van der Waals surface area contributed by atoms with Crippen molar-refractivity contribution in [3.63, 3.8) is 0 Å². The number of benzene rings is 2. The van der Waals surface area contributed by atoms with Crippen LogP contribution in [0.1, 0.15) is 20.0 Å². The summed E-state index contributed by atoms with van der Waals surface area (Å²) in [5, 5.41) is 0.0674. The summed E-state index contributed by atoms with van der Waals surface area (Å²) in [6.45, 7) is 1.44. The van der Waals surface area contributed by atoms with E-state index in [1.807, 2.05) is 0 Å². The van der Waals surface area contributed by atoms with Gasteiger partial charge in [0.05, 0.1) is 15.5 Å². The predicted octanol–water partition coefficient (Wildman–Crippen LogP) is 4.94. The minimum atomic E-state index is -0.502. The summed E-state index contributed by atoms with van der Waals surface area (Å²) in [5.41, 5.74) is 0.707. The maximum Gasteiger partial charge on any atom is 0.264 e. The van der Waals surface area contributed by atoms with Gasteiger partial charge in [-0.1, -0.05) is 29.8 Å². The van der Waals surface area contributed by atoms with Gasteiger partial charge in [0.15, 0.2) is 0 Å². The molecule has 1 aliphatic rings. The Morgan fingerprint density at radius 3 is 2.20 bits per heavy atom. The zero-order valence-corrected chi connectivity index (χ0v) is 17.4. The van der Waals surface area contributed by atoms with Crippen LogP contribution < -0.4 is 0 Å². The van der Waals surface area contributed by atoms with Crippen molar-refractivity contribution in [3.8, 4) is 10.4 Å². The van der Waals surface area contributed by atoms with Gasteiger partial charge in [-0.2, -0.15) is 0 Å². The SMILES string of the molecule is O=C(c1ccc(-c2ccccc2F)s1)N1CCN(C(=O)c2ccc(F)cc2Cl)CC1. The first-order valence-corrected chi connectivity index (χ1v) is 10.5. The van der Waals surface area contributed by atoms with Crippen molar-refractivity contribution in [2.24, 2.45) is 0 Å². The maximum absolute atomic E-state index is 14.0. The topological polar surface area (TPSA) is 40.6 Å². The molecule has 0 radical (unpaired) electrons. The van der Waals surface area contributed by atoms with Crippen molar-refractivity contribution in [2.75, 3.05) is 26.2 Å². The molecular formula is C22H17ClF2N2O2S. The van der Waals surface area contributed by atoms with Gasteiger partial charge in [-0.15, -0.1) is 11.3 Å².